The van der Waals surface area contributed by atoms with Gasteiger partial charge in [-0.2, -0.15) is 0 Å². The van der Waals surface area contributed by atoms with E-state index in [1.807, 2.05) is 6.92 Å². The number of carbonyl (C=O) groups is 1. The molecular formula is C12H21NO3. The minimum atomic E-state index is -0.842. The Morgan fingerprint density at radius 2 is 2.44 bits per heavy atom. The van der Waals surface area contributed by atoms with Crippen LogP contribution < -0.4 is 5.32 Å². The molecule has 1 fully saturated rings. The van der Waals surface area contributed by atoms with Gasteiger partial charge in [0.1, 0.15) is 0 Å². The minimum absolute atomic E-state index is 0.409. The summed E-state index contributed by atoms with van der Waals surface area (Å²) in [7, 11) is 0. The van der Waals surface area contributed by atoms with E-state index in [1.165, 1.54) is 12.8 Å². The van der Waals surface area contributed by atoms with Gasteiger partial charge in [-0.1, -0.05) is 6.92 Å². The van der Waals surface area contributed by atoms with Crippen molar-refractivity contribution in [1.29, 1.82) is 0 Å². The van der Waals surface area contributed by atoms with Crippen LogP contribution in [0.15, 0.2) is 11.6 Å². The van der Waals surface area contributed by atoms with E-state index in [1.54, 1.807) is 6.08 Å². The van der Waals surface area contributed by atoms with Gasteiger partial charge in [-0.05, 0) is 37.8 Å². The molecule has 0 saturated carbocycles. The average molecular weight is 227 g/mol. The third-order valence-electron chi connectivity index (χ3n) is 2.86. The van der Waals surface area contributed by atoms with Gasteiger partial charge in [-0.3, -0.25) is 0 Å². The summed E-state index contributed by atoms with van der Waals surface area (Å²) in [4.78, 5) is 10.7. The summed E-state index contributed by atoms with van der Waals surface area (Å²) in [5.41, 5.74) is 0.432. The summed E-state index contributed by atoms with van der Waals surface area (Å²) in [6.45, 7) is 5.09. The van der Waals surface area contributed by atoms with Gasteiger partial charge in [-0.15, -0.1) is 0 Å². The van der Waals surface area contributed by atoms with Crippen LogP contribution in [0.2, 0.25) is 0 Å². The Kier molecular flexibility index (Phi) is 6.11. The van der Waals surface area contributed by atoms with Gasteiger partial charge < -0.3 is 15.2 Å². The quantitative estimate of drug-likeness (QED) is 0.532. The molecule has 1 heterocycles. The summed E-state index contributed by atoms with van der Waals surface area (Å²) >= 11 is 0. The highest BCUT2D eigenvalue weighted by atomic mass is 16.5. The zero-order valence-electron chi connectivity index (χ0n) is 9.87. The summed E-state index contributed by atoms with van der Waals surface area (Å²) < 4.78 is 5.48. The molecule has 4 heteroatoms. The van der Waals surface area contributed by atoms with E-state index in [9.17, 15) is 4.79 Å². The van der Waals surface area contributed by atoms with E-state index >= 15 is 0 Å². The number of carboxylic acids is 1. The van der Waals surface area contributed by atoms with Crippen LogP contribution in [-0.4, -0.2) is 37.4 Å². The first kappa shape index (κ1) is 13.2. The summed E-state index contributed by atoms with van der Waals surface area (Å²) in [6, 6.07) is 0. The van der Waals surface area contributed by atoms with Gasteiger partial charge >= 0.3 is 5.97 Å². The summed E-state index contributed by atoms with van der Waals surface area (Å²) in [5, 5.41) is 12.1. The van der Waals surface area contributed by atoms with Gasteiger partial charge in [0.2, 0.25) is 0 Å². The average Bonchev–Trinajstić information content (AvgIpc) is 2.30. The van der Waals surface area contributed by atoms with E-state index in [-0.39, 0.29) is 0 Å². The molecular weight excluding hydrogens is 206 g/mol. The molecule has 92 valence electrons. The molecule has 2 N–H and O–H groups in total. The van der Waals surface area contributed by atoms with Gasteiger partial charge in [0.25, 0.3) is 0 Å². The van der Waals surface area contributed by atoms with E-state index in [0.717, 1.165) is 19.7 Å². The molecule has 0 aromatic rings. The fourth-order valence-electron chi connectivity index (χ4n) is 1.84. The summed E-state index contributed by atoms with van der Waals surface area (Å²) in [6.07, 6.45) is 4.62. The van der Waals surface area contributed by atoms with E-state index in [2.05, 4.69) is 5.32 Å². The predicted molar refractivity (Wildman–Crippen MR) is 62.4 cm³/mol. The lowest BCUT2D eigenvalue weighted by molar-refractivity contribution is -0.132. The largest absolute Gasteiger partial charge is 0.478 e. The Morgan fingerprint density at radius 1 is 1.62 bits per heavy atom. The molecule has 0 amide bonds. The highest BCUT2D eigenvalue weighted by Gasteiger charge is 2.12. The van der Waals surface area contributed by atoms with Crippen LogP contribution in [0.1, 0.15) is 26.2 Å². The van der Waals surface area contributed by atoms with Crippen LogP contribution in [0.3, 0.4) is 0 Å². The molecule has 1 unspecified atom stereocenters. The first-order valence-electron chi connectivity index (χ1n) is 5.94. The SMILES string of the molecule is CCC(=CCOCC1CCCNC1)C(=O)O. The maximum absolute atomic E-state index is 10.7. The van der Waals surface area contributed by atoms with Crippen molar-refractivity contribution in [2.45, 2.75) is 26.2 Å². The van der Waals surface area contributed by atoms with Crippen LogP contribution in [0.25, 0.3) is 0 Å². The van der Waals surface area contributed by atoms with E-state index in [4.69, 9.17) is 9.84 Å². The summed E-state index contributed by atoms with van der Waals surface area (Å²) in [5.74, 6) is -0.262. The molecule has 1 saturated heterocycles. The lowest BCUT2D eigenvalue weighted by Crippen LogP contribution is -2.32. The van der Waals surface area contributed by atoms with Crippen LogP contribution in [0, 0.1) is 5.92 Å². The Balaban J connectivity index is 2.16. The second-order valence-corrected chi connectivity index (χ2v) is 4.14. The Morgan fingerprint density at radius 3 is 3.00 bits per heavy atom. The number of nitrogens with one attached hydrogen (secondary N) is 1. The van der Waals surface area contributed by atoms with Crippen molar-refractivity contribution < 1.29 is 14.6 Å². The lowest BCUT2D eigenvalue weighted by Gasteiger charge is -2.22. The number of piperidine rings is 1. The van der Waals surface area contributed by atoms with Crippen molar-refractivity contribution in [2.75, 3.05) is 26.3 Å². The zero-order chi connectivity index (χ0) is 11.8. The van der Waals surface area contributed by atoms with Crippen LogP contribution in [0.4, 0.5) is 0 Å². The molecule has 1 aliphatic heterocycles. The van der Waals surface area contributed by atoms with Crippen LogP contribution in [-0.2, 0) is 9.53 Å². The molecule has 0 aromatic heterocycles. The predicted octanol–water partition coefficient (Wildman–Crippen LogP) is 1.42. The Labute approximate surface area is 96.7 Å². The van der Waals surface area contributed by atoms with Crippen molar-refractivity contribution in [1.82, 2.24) is 5.32 Å². The topological polar surface area (TPSA) is 58.6 Å². The van der Waals surface area contributed by atoms with E-state index < -0.39 is 5.97 Å². The number of hydrogen-bond donors (Lipinski definition) is 2. The molecule has 0 radical (unpaired) electrons. The molecule has 16 heavy (non-hydrogen) atoms. The zero-order valence-corrected chi connectivity index (χ0v) is 9.87. The fourth-order valence-corrected chi connectivity index (χ4v) is 1.84. The highest BCUT2D eigenvalue weighted by Crippen LogP contribution is 2.10. The van der Waals surface area contributed by atoms with Gasteiger partial charge in [0.15, 0.2) is 0 Å². The van der Waals surface area contributed by atoms with Crippen molar-refractivity contribution in [3.05, 3.63) is 11.6 Å². The number of aliphatic carboxylic acids is 1. The van der Waals surface area contributed by atoms with Crippen LogP contribution in [0.5, 0.6) is 0 Å². The Hall–Kier alpha value is -0.870. The first-order chi connectivity index (χ1) is 7.74. The second-order valence-electron chi connectivity index (χ2n) is 4.14. The second kappa shape index (κ2) is 7.41. The van der Waals surface area contributed by atoms with Crippen LogP contribution >= 0.6 is 0 Å². The van der Waals surface area contributed by atoms with Crippen molar-refractivity contribution in [3.63, 3.8) is 0 Å². The molecule has 0 spiro atoms. The molecule has 1 rings (SSSR count). The fraction of sp³-hybridized carbons (Fsp3) is 0.750. The molecule has 0 aliphatic carbocycles. The maximum atomic E-state index is 10.7. The highest BCUT2D eigenvalue weighted by molar-refractivity contribution is 5.86. The lowest BCUT2D eigenvalue weighted by atomic mass is 10.0. The first-order valence-corrected chi connectivity index (χ1v) is 5.94. The molecule has 4 nitrogen and oxygen atoms in total. The monoisotopic (exact) mass is 227 g/mol. The number of carboxylic acid groups (broad SMARTS) is 1. The standard InChI is InChI=1S/C12H21NO3/c1-2-11(12(14)15)5-7-16-9-10-4-3-6-13-8-10/h5,10,13H,2-4,6-9H2,1H3,(H,14,15). The molecule has 0 aromatic carbocycles. The number of rotatable bonds is 6. The van der Waals surface area contributed by atoms with Gasteiger partial charge in [-0.25, -0.2) is 4.79 Å². The third-order valence-corrected chi connectivity index (χ3v) is 2.86. The van der Waals surface area contributed by atoms with Crippen molar-refractivity contribution in [3.8, 4) is 0 Å². The minimum Gasteiger partial charge on any atom is -0.478 e. The van der Waals surface area contributed by atoms with Gasteiger partial charge in [0.05, 0.1) is 13.2 Å². The van der Waals surface area contributed by atoms with Gasteiger partial charge in [0, 0.05) is 12.1 Å². The van der Waals surface area contributed by atoms with E-state index in [0.29, 0.717) is 24.5 Å². The third kappa shape index (κ3) is 4.77. The number of ether oxygens (including phenoxy) is 1. The van der Waals surface area contributed by atoms with Crippen molar-refractivity contribution >= 4 is 5.97 Å². The maximum Gasteiger partial charge on any atom is 0.331 e. The number of hydrogen-bond acceptors (Lipinski definition) is 3. The molecule has 0 bridgehead atoms. The van der Waals surface area contributed by atoms with Crippen molar-refractivity contribution in [2.24, 2.45) is 5.92 Å². The molecule has 1 atom stereocenters. The Bertz CT molecular complexity index is 245. The molecule has 1 aliphatic rings. The smallest absolute Gasteiger partial charge is 0.331 e. The normalized spacial score (nSPS) is 22.1.